The molecule has 1 saturated heterocycles. The molecule has 0 aromatic carbocycles. The van der Waals surface area contributed by atoms with Gasteiger partial charge in [0, 0.05) is 33.4 Å². The lowest BCUT2D eigenvalue weighted by Crippen LogP contribution is -2.47. The molecule has 3 heteroatoms. The Morgan fingerprint density at radius 1 is 1.11 bits per heavy atom. The first-order valence-electron chi connectivity index (χ1n) is 8.15. The summed E-state index contributed by atoms with van der Waals surface area (Å²) in [6.45, 7) is 8.05. The van der Waals surface area contributed by atoms with Gasteiger partial charge in [-0.25, -0.2) is 0 Å². The SMILES string of the molecule is CCCC1(CNCC2(CCOC)CC2)CCCNC1. The van der Waals surface area contributed by atoms with Crippen molar-refractivity contribution in [1.82, 2.24) is 10.6 Å². The topological polar surface area (TPSA) is 33.3 Å². The van der Waals surface area contributed by atoms with Gasteiger partial charge >= 0.3 is 0 Å². The van der Waals surface area contributed by atoms with Crippen LogP contribution in [0.4, 0.5) is 0 Å². The third-order valence-electron chi connectivity index (χ3n) is 5.13. The Morgan fingerprint density at radius 3 is 2.47 bits per heavy atom. The van der Waals surface area contributed by atoms with Crippen LogP contribution in [0.2, 0.25) is 0 Å². The summed E-state index contributed by atoms with van der Waals surface area (Å²) in [6, 6.07) is 0. The zero-order chi connectivity index (χ0) is 13.6. The summed E-state index contributed by atoms with van der Waals surface area (Å²) < 4.78 is 5.23. The van der Waals surface area contributed by atoms with Crippen LogP contribution in [0.25, 0.3) is 0 Å². The van der Waals surface area contributed by atoms with Gasteiger partial charge in [-0.05, 0) is 55.9 Å². The van der Waals surface area contributed by atoms with Crippen LogP contribution < -0.4 is 10.6 Å². The average molecular weight is 268 g/mol. The van der Waals surface area contributed by atoms with Crippen molar-refractivity contribution in [3.8, 4) is 0 Å². The number of ether oxygens (including phenoxy) is 1. The first-order valence-corrected chi connectivity index (χ1v) is 8.15. The maximum Gasteiger partial charge on any atom is 0.0468 e. The fourth-order valence-corrected chi connectivity index (χ4v) is 3.62. The highest BCUT2D eigenvalue weighted by atomic mass is 16.5. The highest BCUT2D eigenvalue weighted by molar-refractivity contribution is 4.96. The predicted molar refractivity (Wildman–Crippen MR) is 80.5 cm³/mol. The Balaban J connectivity index is 1.73. The summed E-state index contributed by atoms with van der Waals surface area (Å²) in [6.07, 6.45) is 9.42. The predicted octanol–water partition coefficient (Wildman–Crippen LogP) is 2.56. The normalized spacial score (nSPS) is 29.4. The minimum atomic E-state index is 0.518. The molecule has 0 radical (unpaired) electrons. The molecule has 3 nitrogen and oxygen atoms in total. The standard InChI is InChI=1S/C16H32N2O/c1-3-5-16(6-4-10-17-13-16)14-18-12-15(7-8-15)9-11-19-2/h17-18H,3-14H2,1-2H3. The third-order valence-corrected chi connectivity index (χ3v) is 5.13. The lowest BCUT2D eigenvalue weighted by molar-refractivity contribution is 0.159. The van der Waals surface area contributed by atoms with Crippen molar-refractivity contribution in [2.45, 2.75) is 51.9 Å². The van der Waals surface area contributed by atoms with Gasteiger partial charge in [-0.1, -0.05) is 13.3 Å². The molecule has 112 valence electrons. The van der Waals surface area contributed by atoms with Crippen LogP contribution in [-0.4, -0.2) is 39.9 Å². The van der Waals surface area contributed by atoms with Crippen LogP contribution in [-0.2, 0) is 4.74 Å². The number of hydrogen-bond acceptors (Lipinski definition) is 3. The van der Waals surface area contributed by atoms with Gasteiger partial charge in [-0.3, -0.25) is 0 Å². The summed E-state index contributed by atoms with van der Waals surface area (Å²) in [5, 5.41) is 7.39. The van der Waals surface area contributed by atoms with Gasteiger partial charge < -0.3 is 15.4 Å². The van der Waals surface area contributed by atoms with Gasteiger partial charge in [0.05, 0.1) is 0 Å². The monoisotopic (exact) mass is 268 g/mol. The lowest BCUT2D eigenvalue weighted by atomic mass is 9.77. The van der Waals surface area contributed by atoms with Crippen molar-refractivity contribution >= 4 is 0 Å². The summed E-state index contributed by atoms with van der Waals surface area (Å²) in [5.41, 5.74) is 1.09. The molecule has 1 aliphatic carbocycles. The first kappa shape index (κ1) is 15.3. The van der Waals surface area contributed by atoms with Gasteiger partial charge in [-0.2, -0.15) is 0 Å². The maximum atomic E-state index is 5.23. The fourth-order valence-electron chi connectivity index (χ4n) is 3.62. The van der Waals surface area contributed by atoms with E-state index in [1.54, 1.807) is 0 Å². The molecule has 2 N–H and O–H groups in total. The zero-order valence-electron chi connectivity index (χ0n) is 12.9. The molecular formula is C16H32N2O. The van der Waals surface area contributed by atoms with Crippen LogP contribution >= 0.6 is 0 Å². The molecule has 2 fully saturated rings. The Morgan fingerprint density at radius 2 is 1.89 bits per heavy atom. The Bertz CT molecular complexity index is 252. The van der Waals surface area contributed by atoms with Crippen molar-refractivity contribution in [1.29, 1.82) is 0 Å². The van der Waals surface area contributed by atoms with E-state index in [0.29, 0.717) is 10.8 Å². The van der Waals surface area contributed by atoms with Crippen LogP contribution in [0.3, 0.4) is 0 Å². The number of rotatable bonds is 9. The first-order chi connectivity index (χ1) is 9.24. The molecule has 1 unspecified atom stereocenters. The molecule has 2 aliphatic rings. The van der Waals surface area contributed by atoms with E-state index in [9.17, 15) is 0 Å². The lowest BCUT2D eigenvalue weighted by Gasteiger charge is -2.38. The van der Waals surface area contributed by atoms with Gasteiger partial charge in [0.25, 0.3) is 0 Å². The maximum absolute atomic E-state index is 5.23. The average Bonchev–Trinajstić information content (AvgIpc) is 3.18. The van der Waals surface area contributed by atoms with Crippen molar-refractivity contribution in [3.05, 3.63) is 0 Å². The molecule has 2 rings (SSSR count). The van der Waals surface area contributed by atoms with Gasteiger partial charge in [0.1, 0.15) is 0 Å². The molecule has 0 amide bonds. The Labute approximate surface area is 118 Å². The van der Waals surface area contributed by atoms with Crippen molar-refractivity contribution < 1.29 is 4.74 Å². The van der Waals surface area contributed by atoms with Crippen LogP contribution in [0, 0.1) is 10.8 Å². The molecule has 1 heterocycles. The summed E-state index contributed by atoms with van der Waals surface area (Å²) in [4.78, 5) is 0. The van der Waals surface area contributed by atoms with Crippen molar-refractivity contribution in [2.75, 3.05) is 39.9 Å². The van der Waals surface area contributed by atoms with E-state index in [4.69, 9.17) is 4.74 Å². The van der Waals surface area contributed by atoms with E-state index in [-0.39, 0.29) is 0 Å². The highest BCUT2D eigenvalue weighted by Gasteiger charge is 2.42. The van der Waals surface area contributed by atoms with E-state index >= 15 is 0 Å². The molecule has 1 aliphatic heterocycles. The van der Waals surface area contributed by atoms with E-state index < -0.39 is 0 Å². The van der Waals surface area contributed by atoms with Crippen molar-refractivity contribution in [2.24, 2.45) is 10.8 Å². The number of methoxy groups -OCH3 is 1. The number of hydrogen-bond donors (Lipinski definition) is 2. The summed E-state index contributed by atoms with van der Waals surface area (Å²) >= 11 is 0. The molecule has 0 aromatic rings. The van der Waals surface area contributed by atoms with Crippen molar-refractivity contribution in [3.63, 3.8) is 0 Å². The second kappa shape index (κ2) is 7.05. The molecule has 0 bridgehead atoms. The Hall–Kier alpha value is -0.120. The molecule has 1 saturated carbocycles. The van der Waals surface area contributed by atoms with Crippen LogP contribution in [0.15, 0.2) is 0 Å². The van der Waals surface area contributed by atoms with Gasteiger partial charge in [-0.15, -0.1) is 0 Å². The summed E-state index contributed by atoms with van der Waals surface area (Å²) in [5.74, 6) is 0. The molecule has 1 atom stereocenters. The number of nitrogens with one attached hydrogen (secondary N) is 2. The fraction of sp³-hybridized carbons (Fsp3) is 1.00. The molecule has 0 spiro atoms. The molecular weight excluding hydrogens is 236 g/mol. The van der Waals surface area contributed by atoms with E-state index in [1.165, 1.54) is 71.1 Å². The second-order valence-electron chi connectivity index (χ2n) is 6.88. The highest BCUT2D eigenvalue weighted by Crippen LogP contribution is 2.48. The van der Waals surface area contributed by atoms with E-state index in [2.05, 4.69) is 17.6 Å². The zero-order valence-corrected chi connectivity index (χ0v) is 12.9. The molecule has 0 aromatic heterocycles. The van der Waals surface area contributed by atoms with Gasteiger partial charge in [0.15, 0.2) is 0 Å². The summed E-state index contributed by atoms with van der Waals surface area (Å²) in [7, 11) is 1.81. The van der Waals surface area contributed by atoms with Crippen LogP contribution in [0.5, 0.6) is 0 Å². The quantitative estimate of drug-likeness (QED) is 0.674. The largest absolute Gasteiger partial charge is 0.385 e. The Kier molecular flexibility index (Phi) is 5.67. The minimum absolute atomic E-state index is 0.518. The van der Waals surface area contributed by atoms with E-state index in [0.717, 1.165) is 6.61 Å². The number of piperidine rings is 1. The van der Waals surface area contributed by atoms with Crippen LogP contribution in [0.1, 0.15) is 51.9 Å². The smallest absolute Gasteiger partial charge is 0.0468 e. The van der Waals surface area contributed by atoms with Gasteiger partial charge in [0.2, 0.25) is 0 Å². The second-order valence-corrected chi connectivity index (χ2v) is 6.88. The molecule has 19 heavy (non-hydrogen) atoms. The van der Waals surface area contributed by atoms with E-state index in [1.807, 2.05) is 7.11 Å². The minimum Gasteiger partial charge on any atom is -0.385 e. The third kappa shape index (κ3) is 4.44.